The van der Waals surface area contributed by atoms with Gasteiger partial charge < -0.3 is 35.4 Å². The molecular weight excluding hydrogens is 640 g/mol. The van der Waals surface area contributed by atoms with Crippen molar-refractivity contribution in [2.45, 2.75) is 90.6 Å². The topological polar surface area (TPSA) is 162 Å². The monoisotopic (exact) mass is 696 g/mol. The largest absolute Gasteiger partial charge is 0.453 e. The number of amides is 4. The third kappa shape index (κ3) is 12.2. The average Bonchev–Trinajstić information content (AvgIpc) is 3.67. The van der Waals surface area contributed by atoms with E-state index in [-0.39, 0.29) is 31.3 Å². The molecule has 3 rings (SSSR count). The van der Waals surface area contributed by atoms with E-state index in [2.05, 4.69) is 38.4 Å². The molecule has 0 saturated carbocycles. The predicted octanol–water partition coefficient (Wildman–Crippen LogP) is 3.75. The number of nitrogens with one attached hydrogen (secondary N) is 4. The number of ether oxygens (including phenoxy) is 2. The zero-order valence-electron chi connectivity index (χ0n) is 30.3. The van der Waals surface area contributed by atoms with Gasteiger partial charge in [0.05, 0.1) is 26.4 Å². The lowest BCUT2D eigenvalue weighted by Gasteiger charge is -2.33. The van der Waals surface area contributed by atoms with E-state index in [1.54, 1.807) is 5.01 Å². The molecule has 6 atom stereocenters. The van der Waals surface area contributed by atoms with E-state index in [1.807, 2.05) is 70.2 Å². The van der Waals surface area contributed by atoms with Crippen molar-refractivity contribution in [1.82, 2.24) is 26.4 Å². The first-order valence-electron chi connectivity index (χ1n) is 17.6. The standard InChI is InChI=1S/C37H56N6O7/c1-7-25(3)32(39-36(47)49-5)34(45)38-30(22-27-14-10-9-11-15-27)31(44)24-43(41-35(46)33(26(4)8-2)40-37(48)50-6)23-28-16-18-29(19-17-28)42-20-12-13-21-42/h9-11,14-19,25-26,30-33,44H,7-8,12-13,20-24H2,1-6H3,(H,38,45)(H,39,47)(H,40,48)(H,41,46)/t25-,26-,30-,31-,32-,33-/m0/s1. The molecule has 5 N–H and O–H groups in total. The Labute approximate surface area is 296 Å². The maximum absolute atomic E-state index is 13.7. The molecule has 50 heavy (non-hydrogen) atoms. The molecule has 1 saturated heterocycles. The zero-order valence-corrected chi connectivity index (χ0v) is 30.3. The lowest BCUT2D eigenvalue weighted by atomic mass is 9.96. The molecule has 2 aromatic carbocycles. The minimum absolute atomic E-state index is 0.0682. The van der Waals surface area contributed by atoms with Crippen LogP contribution in [-0.2, 0) is 32.0 Å². The zero-order chi connectivity index (χ0) is 36.6. The smallest absolute Gasteiger partial charge is 0.407 e. The summed E-state index contributed by atoms with van der Waals surface area (Å²) in [6.45, 7) is 9.75. The summed E-state index contributed by atoms with van der Waals surface area (Å²) in [5, 5.41) is 21.7. The lowest BCUT2D eigenvalue weighted by Crippen LogP contribution is -2.59. The van der Waals surface area contributed by atoms with Crippen LogP contribution >= 0.6 is 0 Å². The predicted molar refractivity (Wildman–Crippen MR) is 192 cm³/mol. The molecule has 0 radical (unpaired) electrons. The fourth-order valence-electron chi connectivity index (χ4n) is 5.94. The molecular formula is C37H56N6O7. The summed E-state index contributed by atoms with van der Waals surface area (Å²) in [6, 6.07) is 15.0. The van der Waals surface area contributed by atoms with Crippen LogP contribution in [0.3, 0.4) is 0 Å². The van der Waals surface area contributed by atoms with Crippen LogP contribution < -0.4 is 26.3 Å². The molecule has 0 bridgehead atoms. The van der Waals surface area contributed by atoms with Gasteiger partial charge in [0.2, 0.25) is 5.91 Å². The molecule has 276 valence electrons. The number of carbonyl (C=O) groups excluding carboxylic acids is 4. The highest BCUT2D eigenvalue weighted by Crippen LogP contribution is 2.21. The summed E-state index contributed by atoms with van der Waals surface area (Å²) in [5.41, 5.74) is 5.83. The summed E-state index contributed by atoms with van der Waals surface area (Å²) < 4.78 is 9.55. The summed E-state index contributed by atoms with van der Waals surface area (Å²) in [4.78, 5) is 54.1. The number of methoxy groups -OCH3 is 2. The number of benzene rings is 2. The number of hydrogen-bond acceptors (Lipinski definition) is 9. The van der Waals surface area contributed by atoms with Crippen molar-refractivity contribution in [3.63, 3.8) is 0 Å². The van der Waals surface area contributed by atoms with Crippen LogP contribution in [0.15, 0.2) is 54.6 Å². The van der Waals surface area contributed by atoms with Gasteiger partial charge in [-0.15, -0.1) is 0 Å². The summed E-state index contributed by atoms with van der Waals surface area (Å²) in [6.07, 6.45) is 1.21. The van der Waals surface area contributed by atoms with E-state index >= 15 is 0 Å². The van der Waals surface area contributed by atoms with Crippen molar-refractivity contribution in [2.24, 2.45) is 11.8 Å². The van der Waals surface area contributed by atoms with Gasteiger partial charge >= 0.3 is 12.2 Å². The molecule has 0 spiro atoms. The summed E-state index contributed by atoms with van der Waals surface area (Å²) in [7, 11) is 2.47. The van der Waals surface area contributed by atoms with Crippen LogP contribution in [0.1, 0.15) is 64.5 Å². The quantitative estimate of drug-likeness (QED) is 0.146. The fourth-order valence-corrected chi connectivity index (χ4v) is 5.94. The highest BCUT2D eigenvalue weighted by molar-refractivity contribution is 5.86. The number of hydrogen-bond donors (Lipinski definition) is 5. The van der Waals surface area contributed by atoms with Crippen LogP contribution in [0.2, 0.25) is 0 Å². The third-order valence-corrected chi connectivity index (χ3v) is 9.46. The second-order valence-corrected chi connectivity index (χ2v) is 13.1. The SMILES string of the molecule is CC[C@H](C)[C@H](NC(=O)OC)C(=O)N[C@@H](Cc1ccccc1)[C@@H](O)CN(Cc1ccc(N2CCCC2)cc1)NC(=O)[C@@H](NC(=O)OC)[C@@H](C)CC. The number of anilines is 1. The third-order valence-electron chi connectivity index (χ3n) is 9.46. The van der Waals surface area contributed by atoms with E-state index in [0.717, 1.165) is 42.7 Å². The molecule has 4 amide bonds. The van der Waals surface area contributed by atoms with Crippen molar-refractivity contribution in [1.29, 1.82) is 0 Å². The first kappa shape index (κ1) is 40.1. The van der Waals surface area contributed by atoms with E-state index in [1.165, 1.54) is 14.2 Å². The van der Waals surface area contributed by atoms with Gasteiger partial charge in [-0.25, -0.2) is 14.6 Å². The number of rotatable bonds is 18. The van der Waals surface area contributed by atoms with Crippen molar-refractivity contribution in [2.75, 3.05) is 38.8 Å². The van der Waals surface area contributed by atoms with E-state index in [9.17, 15) is 24.3 Å². The van der Waals surface area contributed by atoms with Gasteiger partial charge in [0.15, 0.2) is 0 Å². The Balaban J connectivity index is 1.91. The van der Waals surface area contributed by atoms with Crippen molar-refractivity contribution in [3.8, 4) is 0 Å². The maximum atomic E-state index is 13.7. The van der Waals surface area contributed by atoms with Gasteiger partial charge in [0.25, 0.3) is 5.91 Å². The van der Waals surface area contributed by atoms with Gasteiger partial charge in [-0.3, -0.25) is 15.0 Å². The number of aliphatic hydroxyl groups excluding tert-OH is 1. The van der Waals surface area contributed by atoms with E-state index in [0.29, 0.717) is 12.8 Å². The van der Waals surface area contributed by atoms with Crippen molar-refractivity contribution >= 4 is 29.7 Å². The Morgan fingerprint density at radius 2 is 1.32 bits per heavy atom. The molecule has 0 unspecified atom stereocenters. The van der Waals surface area contributed by atoms with Gasteiger partial charge in [0, 0.05) is 31.9 Å². The molecule has 13 heteroatoms. The second kappa shape index (κ2) is 20.3. The first-order valence-corrected chi connectivity index (χ1v) is 17.6. The molecule has 0 aliphatic carbocycles. The van der Waals surface area contributed by atoms with E-state index < -0.39 is 48.2 Å². The Morgan fingerprint density at radius 3 is 1.84 bits per heavy atom. The van der Waals surface area contributed by atoms with Gasteiger partial charge in [-0.05, 0) is 54.4 Å². The lowest BCUT2D eigenvalue weighted by molar-refractivity contribution is -0.131. The Hall–Kier alpha value is -4.36. The van der Waals surface area contributed by atoms with Gasteiger partial charge in [-0.2, -0.15) is 0 Å². The molecule has 1 aliphatic rings. The number of nitrogens with zero attached hydrogens (tertiary/aromatic N) is 2. The van der Waals surface area contributed by atoms with Gasteiger partial charge in [-0.1, -0.05) is 83.0 Å². The van der Waals surface area contributed by atoms with Crippen LogP contribution in [0.25, 0.3) is 0 Å². The molecule has 1 fully saturated rings. The van der Waals surface area contributed by atoms with E-state index in [4.69, 9.17) is 9.47 Å². The number of hydrazine groups is 1. The minimum Gasteiger partial charge on any atom is -0.453 e. The van der Waals surface area contributed by atoms with Gasteiger partial charge in [0.1, 0.15) is 12.1 Å². The number of aliphatic hydroxyl groups is 1. The number of alkyl carbamates (subject to hydrolysis) is 2. The molecule has 13 nitrogen and oxygen atoms in total. The molecule has 1 heterocycles. The van der Waals surface area contributed by atoms with Crippen LogP contribution in [0.4, 0.5) is 15.3 Å². The van der Waals surface area contributed by atoms with Crippen LogP contribution in [-0.4, -0.2) is 92.2 Å². The number of carbonyl (C=O) groups is 4. The Morgan fingerprint density at radius 1 is 0.780 bits per heavy atom. The summed E-state index contributed by atoms with van der Waals surface area (Å²) >= 11 is 0. The normalized spacial score (nSPS) is 16.4. The minimum atomic E-state index is -1.17. The highest BCUT2D eigenvalue weighted by Gasteiger charge is 2.33. The van der Waals surface area contributed by atoms with Crippen LogP contribution in [0, 0.1) is 11.8 Å². The Kier molecular flexibility index (Phi) is 16.3. The summed E-state index contributed by atoms with van der Waals surface area (Å²) in [5.74, 6) is -1.36. The second-order valence-electron chi connectivity index (χ2n) is 13.1. The first-order chi connectivity index (χ1) is 24.0. The Bertz CT molecular complexity index is 1360. The average molecular weight is 697 g/mol. The molecule has 2 aromatic rings. The molecule has 0 aromatic heterocycles. The maximum Gasteiger partial charge on any atom is 0.407 e. The highest BCUT2D eigenvalue weighted by atomic mass is 16.5. The van der Waals surface area contributed by atoms with Crippen LogP contribution in [0.5, 0.6) is 0 Å². The van der Waals surface area contributed by atoms with Crippen molar-refractivity contribution in [3.05, 3.63) is 65.7 Å². The molecule has 1 aliphatic heterocycles. The van der Waals surface area contributed by atoms with Crippen molar-refractivity contribution < 1.29 is 33.8 Å². The fraction of sp³-hybridized carbons (Fsp3) is 0.568.